The van der Waals surface area contributed by atoms with Crippen molar-refractivity contribution < 1.29 is 41.5 Å². The highest BCUT2D eigenvalue weighted by molar-refractivity contribution is 7.48. The van der Waals surface area contributed by atoms with Gasteiger partial charge in [0.15, 0.2) is 29.2 Å². The lowest BCUT2D eigenvalue weighted by molar-refractivity contribution is -0.155. The van der Waals surface area contributed by atoms with Gasteiger partial charge in [-0.15, -0.1) is 0 Å². The number of ether oxygens (including phenoxy) is 3. The third-order valence-electron chi connectivity index (χ3n) is 6.42. The zero-order valence-electron chi connectivity index (χ0n) is 21.9. The van der Waals surface area contributed by atoms with Crippen LogP contribution in [0.1, 0.15) is 45.1 Å². The first-order valence-corrected chi connectivity index (χ1v) is 14.3. The second-order valence-electron chi connectivity index (χ2n) is 9.37. The van der Waals surface area contributed by atoms with Crippen molar-refractivity contribution in [3.05, 3.63) is 41.2 Å². The molecule has 2 saturated heterocycles. The van der Waals surface area contributed by atoms with Gasteiger partial charge in [-0.2, -0.15) is 9.97 Å². The predicted molar refractivity (Wildman–Crippen MR) is 139 cm³/mol. The van der Waals surface area contributed by atoms with Crippen LogP contribution in [0.2, 0.25) is 5.02 Å². The Bertz CT molecular complexity index is 1460. The third kappa shape index (κ3) is 5.65. The zero-order valence-corrected chi connectivity index (χ0v) is 23.5. The molecule has 3 aromatic rings. The van der Waals surface area contributed by atoms with Crippen LogP contribution in [0.3, 0.4) is 0 Å². The van der Waals surface area contributed by atoms with Gasteiger partial charge in [-0.25, -0.2) is 13.9 Å². The Morgan fingerprint density at radius 2 is 2.17 bits per heavy atom. The lowest BCUT2D eigenvalue weighted by atomic mass is 9.98. The molecule has 2 fully saturated rings. The summed E-state index contributed by atoms with van der Waals surface area (Å²) in [5, 5.41) is 0.493. The van der Waals surface area contributed by atoms with Crippen molar-refractivity contribution in [2.24, 2.45) is 0 Å². The normalized spacial score (nSPS) is 30.4. The fraction of sp³-hybridized carbons (Fsp3) is 0.500. The number of alkyl halides is 1. The molecular formula is C24H28ClFN5O8P. The van der Waals surface area contributed by atoms with Gasteiger partial charge in [-0.05, 0) is 31.5 Å². The first-order valence-electron chi connectivity index (χ1n) is 12.5. The monoisotopic (exact) mass is 599 g/mol. The van der Waals surface area contributed by atoms with E-state index in [9.17, 15) is 9.36 Å². The Morgan fingerprint density at radius 1 is 1.38 bits per heavy atom. The van der Waals surface area contributed by atoms with Crippen LogP contribution in [0.25, 0.3) is 11.2 Å². The van der Waals surface area contributed by atoms with E-state index in [4.69, 9.17) is 45.1 Å². The van der Waals surface area contributed by atoms with E-state index in [1.807, 2.05) is 0 Å². The van der Waals surface area contributed by atoms with Crippen LogP contribution in [-0.4, -0.2) is 63.2 Å². The number of nitrogens with zero attached hydrogens (tertiary/aromatic N) is 4. The first kappa shape index (κ1) is 28.7. The van der Waals surface area contributed by atoms with Gasteiger partial charge in [-0.1, -0.05) is 23.7 Å². The molecule has 2 aliphatic rings. The highest BCUT2D eigenvalue weighted by atomic mass is 35.5. The smallest absolute Gasteiger partial charge is 0.475 e. The molecule has 4 heterocycles. The van der Waals surface area contributed by atoms with Crippen LogP contribution in [0.5, 0.6) is 5.88 Å². The molecule has 13 nitrogen and oxygen atoms in total. The fourth-order valence-corrected chi connectivity index (χ4v) is 6.29. The highest BCUT2D eigenvalue weighted by Crippen LogP contribution is 2.57. The maximum absolute atomic E-state index is 16.4. The van der Waals surface area contributed by atoms with Crippen molar-refractivity contribution in [1.29, 1.82) is 0 Å². The number of phosphoric acid groups is 1. The molecule has 0 aliphatic carbocycles. The number of hydrogen-bond donors (Lipinski definition) is 1. The summed E-state index contributed by atoms with van der Waals surface area (Å²) in [6, 6.07) is 6.93. The summed E-state index contributed by atoms with van der Waals surface area (Å²) < 4.78 is 64.5. The molecule has 0 amide bonds. The van der Waals surface area contributed by atoms with Crippen molar-refractivity contribution in [3.63, 3.8) is 0 Å². The SMILES string of the molecule is CCOc1nc(N)nc2c1ncn2C1O[C@H](COP2(=O)OCC[C@@H](c3cccc(Cl)c3)O2)[C@@H](OC(C)=O)[C@@]1(C)F. The van der Waals surface area contributed by atoms with E-state index in [1.54, 1.807) is 31.2 Å². The number of imidazole rings is 1. The lowest BCUT2D eigenvalue weighted by Crippen LogP contribution is -2.43. The number of rotatable bonds is 8. The van der Waals surface area contributed by atoms with Gasteiger partial charge in [-0.3, -0.25) is 22.9 Å². The Kier molecular flexibility index (Phi) is 8.01. The number of benzene rings is 1. The summed E-state index contributed by atoms with van der Waals surface area (Å²) in [5.74, 6) is -0.744. The number of aromatic nitrogens is 4. The number of phosphoric ester groups is 1. The van der Waals surface area contributed by atoms with Crippen molar-refractivity contribution in [1.82, 2.24) is 19.5 Å². The van der Waals surface area contributed by atoms with Crippen LogP contribution in [-0.2, 0) is 32.4 Å². The maximum Gasteiger partial charge on any atom is 0.475 e. The van der Waals surface area contributed by atoms with Crippen LogP contribution in [0.4, 0.5) is 10.3 Å². The van der Waals surface area contributed by atoms with Gasteiger partial charge in [0.05, 0.1) is 32.3 Å². The number of hydrogen-bond acceptors (Lipinski definition) is 12. The highest BCUT2D eigenvalue weighted by Gasteiger charge is 2.58. The zero-order chi connectivity index (χ0) is 28.7. The van der Waals surface area contributed by atoms with Crippen LogP contribution >= 0.6 is 19.4 Å². The van der Waals surface area contributed by atoms with Gasteiger partial charge in [0.2, 0.25) is 11.8 Å². The Balaban J connectivity index is 1.39. The predicted octanol–water partition coefficient (Wildman–Crippen LogP) is 4.32. The fourth-order valence-electron chi connectivity index (χ4n) is 4.70. The van der Waals surface area contributed by atoms with Crippen molar-refractivity contribution in [2.45, 2.75) is 57.4 Å². The topological polar surface area (TPSA) is 159 Å². The third-order valence-corrected chi connectivity index (χ3v) is 8.13. The van der Waals surface area contributed by atoms with Crippen molar-refractivity contribution in [2.75, 3.05) is 25.6 Å². The standard InChI is InChI=1S/C24H28ClFN5O8P/c1-4-34-21-18-20(29-23(27)30-21)31(12-28-18)22-24(3,26)19(37-13(2)32)17(38-22)11-36-40(33)35-9-8-16(39-40)14-6-5-7-15(25)10-14/h5-7,10,12,16-17,19,22H,4,8-9,11H2,1-3H3,(H2,27,29,30)/t16-,17+,19+,22?,24+,40?/m0/s1. The number of halogens is 2. The molecule has 5 rings (SSSR count). The minimum absolute atomic E-state index is 0.0844. The largest absolute Gasteiger partial charge is 0.476 e. The molecule has 2 aliphatic heterocycles. The second kappa shape index (κ2) is 11.2. The van der Waals surface area contributed by atoms with Gasteiger partial charge in [0, 0.05) is 18.4 Å². The number of anilines is 1. The average molecular weight is 600 g/mol. The summed E-state index contributed by atoms with van der Waals surface area (Å²) in [6.07, 6.45) is -2.96. The molecular weight excluding hydrogens is 572 g/mol. The molecule has 0 spiro atoms. The maximum atomic E-state index is 16.4. The number of nitrogen functional groups attached to an aromatic ring is 1. The van der Waals surface area contributed by atoms with Gasteiger partial charge >= 0.3 is 13.8 Å². The molecule has 0 saturated carbocycles. The van der Waals surface area contributed by atoms with E-state index in [-0.39, 0.29) is 36.2 Å². The summed E-state index contributed by atoms with van der Waals surface area (Å²) in [4.78, 5) is 24.4. The number of nitrogens with two attached hydrogens (primary N) is 1. The molecule has 1 aromatic carbocycles. The average Bonchev–Trinajstić information content (AvgIpc) is 3.41. The molecule has 2 N–H and O–H groups in total. The minimum Gasteiger partial charge on any atom is -0.476 e. The van der Waals surface area contributed by atoms with Gasteiger partial charge < -0.3 is 19.9 Å². The molecule has 40 heavy (non-hydrogen) atoms. The summed E-state index contributed by atoms with van der Waals surface area (Å²) in [7, 11) is -4.10. The van der Waals surface area contributed by atoms with Crippen LogP contribution < -0.4 is 10.5 Å². The molecule has 216 valence electrons. The minimum atomic E-state index is -4.10. The quantitative estimate of drug-likeness (QED) is 0.289. The Hall–Kier alpha value is -2.87. The number of fused-ring (bicyclic) bond motifs is 1. The van der Waals surface area contributed by atoms with E-state index in [2.05, 4.69) is 15.0 Å². The number of carbonyl (C=O) groups is 1. The molecule has 0 radical (unpaired) electrons. The molecule has 2 unspecified atom stereocenters. The van der Waals surface area contributed by atoms with E-state index in [1.165, 1.54) is 17.8 Å². The summed E-state index contributed by atoms with van der Waals surface area (Å²) in [5.41, 5.74) is 4.61. The molecule has 0 bridgehead atoms. The van der Waals surface area contributed by atoms with Crippen LogP contribution in [0.15, 0.2) is 30.6 Å². The molecule has 16 heteroatoms. The summed E-state index contributed by atoms with van der Waals surface area (Å²) >= 11 is 6.08. The first-order chi connectivity index (χ1) is 19.0. The molecule has 2 aromatic heterocycles. The number of carbonyl (C=O) groups excluding carboxylic acids is 1. The van der Waals surface area contributed by atoms with E-state index in [0.29, 0.717) is 17.0 Å². The van der Waals surface area contributed by atoms with E-state index < -0.39 is 50.6 Å². The second-order valence-corrected chi connectivity index (χ2v) is 11.4. The lowest BCUT2D eigenvalue weighted by Gasteiger charge is -2.30. The number of esters is 1. The van der Waals surface area contributed by atoms with E-state index in [0.717, 1.165) is 6.92 Å². The Morgan fingerprint density at radius 3 is 2.90 bits per heavy atom. The Labute approximate surface area is 233 Å². The summed E-state index contributed by atoms with van der Waals surface area (Å²) in [6.45, 7) is 3.99. The molecule has 6 atom stereocenters. The van der Waals surface area contributed by atoms with Crippen molar-refractivity contribution in [3.8, 4) is 5.88 Å². The van der Waals surface area contributed by atoms with E-state index >= 15 is 4.39 Å². The van der Waals surface area contributed by atoms with Gasteiger partial charge in [0.25, 0.3) is 0 Å². The van der Waals surface area contributed by atoms with Crippen LogP contribution in [0, 0.1) is 0 Å². The van der Waals surface area contributed by atoms with Gasteiger partial charge in [0.1, 0.15) is 6.10 Å². The van der Waals surface area contributed by atoms with Crippen molar-refractivity contribution >= 4 is 42.5 Å².